The quantitative estimate of drug-likeness (QED) is 0.911. The monoisotopic (exact) mass is 291 g/mol. The first kappa shape index (κ1) is 13.8. The van der Waals surface area contributed by atoms with Gasteiger partial charge >= 0.3 is 0 Å². The molecule has 5 heteroatoms. The molecule has 20 heavy (non-hydrogen) atoms. The van der Waals surface area contributed by atoms with Crippen molar-refractivity contribution < 1.29 is 4.42 Å². The molecule has 0 spiro atoms. The van der Waals surface area contributed by atoms with Gasteiger partial charge in [0.1, 0.15) is 0 Å². The van der Waals surface area contributed by atoms with Gasteiger partial charge in [0, 0.05) is 4.88 Å². The Kier molecular flexibility index (Phi) is 4.17. The van der Waals surface area contributed by atoms with Gasteiger partial charge in [0.05, 0.1) is 10.9 Å². The Labute approximate surface area is 123 Å². The highest BCUT2D eigenvalue weighted by molar-refractivity contribution is 7.15. The molecule has 1 atom stereocenters. The van der Waals surface area contributed by atoms with Crippen LogP contribution in [0.15, 0.2) is 10.5 Å². The summed E-state index contributed by atoms with van der Waals surface area (Å²) in [5.74, 6) is 1.38. The fourth-order valence-corrected chi connectivity index (χ4v) is 3.90. The van der Waals surface area contributed by atoms with Crippen LogP contribution in [0, 0.1) is 0 Å². The number of aryl methyl sites for hydroxylation is 2. The molecule has 0 saturated carbocycles. The topological polar surface area (TPSA) is 51.0 Å². The summed E-state index contributed by atoms with van der Waals surface area (Å²) in [6.45, 7) is 5.12. The van der Waals surface area contributed by atoms with Gasteiger partial charge in [-0.25, -0.2) is 0 Å². The molecule has 0 aromatic carbocycles. The van der Waals surface area contributed by atoms with E-state index in [-0.39, 0.29) is 6.04 Å². The van der Waals surface area contributed by atoms with Crippen molar-refractivity contribution in [2.45, 2.75) is 52.0 Å². The van der Waals surface area contributed by atoms with E-state index in [0.29, 0.717) is 11.8 Å². The van der Waals surface area contributed by atoms with Crippen LogP contribution in [-0.4, -0.2) is 16.7 Å². The fourth-order valence-electron chi connectivity index (χ4n) is 2.72. The van der Waals surface area contributed by atoms with Crippen molar-refractivity contribution in [1.82, 2.24) is 15.5 Å². The lowest BCUT2D eigenvalue weighted by Crippen LogP contribution is -2.20. The summed E-state index contributed by atoms with van der Waals surface area (Å²) < 4.78 is 5.88. The number of rotatable bonds is 5. The molecular formula is C15H21N3OS. The largest absolute Gasteiger partial charge is 0.418 e. The molecule has 0 aliphatic heterocycles. The van der Waals surface area contributed by atoms with E-state index < -0.39 is 0 Å². The summed E-state index contributed by atoms with van der Waals surface area (Å²) in [6, 6.07) is 2.40. The Morgan fingerprint density at radius 3 is 2.90 bits per heavy atom. The second-order valence-corrected chi connectivity index (χ2v) is 6.37. The average Bonchev–Trinajstić information content (AvgIpc) is 3.10. The Morgan fingerprint density at radius 1 is 1.30 bits per heavy atom. The normalized spacial score (nSPS) is 16.1. The molecule has 3 rings (SSSR count). The Morgan fingerprint density at radius 2 is 2.15 bits per heavy atom. The molecule has 0 saturated heterocycles. The van der Waals surface area contributed by atoms with Crippen LogP contribution in [0.25, 0.3) is 10.8 Å². The molecule has 108 valence electrons. The highest BCUT2D eigenvalue weighted by Crippen LogP contribution is 2.35. The number of hydrogen-bond donors (Lipinski definition) is 1. The van der Waals surface area contributed by atoms with Gasteiger partial charge in [-0.05, 0) is 50.3 Å². The maximum absolute atomic E-state index is 5.88. The van der Waals surface area contributed by atoms with Crippen LogP contribution in [-0.2, 0) is 12.8 Å². The van der Waals surface area contributed by atoms with Crippen molar-refractivity contribution in [2.75, 3.05) is 6.54 Å². The van der Waals surface area contributed by atoms with Crippen molar-refractivity contribution in [3.63, 3.8) is 0 Å². The average molecular weight is 291 g/mol. The third-order valence-corrected chi connectivity index (χ3v) is 5.03. The molecule has 1 aliphatic rings. The van der Waals surface area contributed by atoms with E-state index in [1.165, 1.54) is 36.1 Å². The van der Waals surface area contributed by atoms with Gasteiger partial charge in [0.2, 0.25) is 5.89 Å². The number of aromatic nitrogens is 2. The first-order valence-electron chi connectivity index (χ1n) is 7.50. The van der Waals surface area contributed by atoms with E-state index in [9.17, 15) is 0 Å². The number of nitrogens with one attached hydrogen (secondary N) is 1. The molecule has 1 unspecified atom stereocenters. The van der Waals surface area contributed by atoms with E-state index >= 15 is 0 Å². The van der Waals surface area contributed by atoms with E-state index in [0.717, 1.165) is 17.8 Å². The number of nitrogens with zero attached hydrogens (tertiary/aromatic N) is 2. The number of thiophene rings is 1. The molecular weight excluding hydrogens is 270 g/mol. The molecule has 0 radical (unpaired) electrons. The Bertz CT molecular complexity index is 552. The van der Waals surface area contributed by atoms with E-state index in [2.05, 4.69) is 35.4 Å². The maximum atomic E-state index is 5.88. The lowest BCUT2D eigenvalue weighted by Gasteiger charge is -2.09. The second-order valence-electron chi connectivity index (χ2n) is 5.23. The van der Waals surface area contributed by atoms with Crippen LogP contribution in [0.5, 0.6) is 0 Å². The maximum Gasteiger partial charge on any atom is 0.257 e. The summed E-state index contributed by atoms with van der Waals surface area (Å²) >= 11 is 1.82. The SMILES string of the molecule is CCNC(CC)c1nnc(-c2cc3c(s2)CCCC3)o1. The Balaban J connectivity index is 1.84. The Hall–Kier alpha value is -1.20. The van der Waals surface area contributed by atoms with Gasteiger partial charge in [0.25, 0.3) is 5.89 Å². The fraction of sp³-hybridized carbons (Fsp3) is 0.600. The molecule has 2 aromatic heterocycles. The van der Waals surface area contributed by atoms with E-state index in [1.807, 2.05) is 11.3 Å². The van der Waals surface area contributed by atoms with Gasteiger partial charge in [-0.3, -0.25) is 0 Å². The number of hydrogen-bond acceptors (Lipinski definition) is 5. The van der Waals surface area contributed by atoms with Crippen LogP contribution in [0.3, 0.4) is 0 Å². The predicted octanol–water partition coefficient (Wildman–Crippen LogP) is 3.74. The first-order chi connectivity index (χ1) is 9.81. The molecule has 1 aliphatic carbocycles. The van der Waals surface area contributed by atoms with E-state index in [4.69, 9.17) is 4.42 Å². The highest BCUT2D eigenvalue weighted by Gasteiger charge is 2.20. The second kappa shape index (κ2) is 6.06. The summed E-state index contributed by atoms with van der Waals surface area (Å²) in [4.78, 5) is 2.63. The van der Waals surface area contributed by atoms with Crippen LogP contribution in [0.4, 0.5) is 0 Å². The molecule has 4 nitrogen and oxygen atoms in total. The molecule has 0 fully saturated rings. The summed E-state index contributed by atoms with van der Waals surface area (Å²) in [7, 11) is 0. The minimum absolute atomic E-state index is 0.163. The summed E-state index contributed by atoms with van der Waals surface area (Å²) in [6.07, 6.45) is 5.96. The first-order valence-corrected chi connectivity index (χ1v) is 8.32. The minimum atomic E-state index is 0.163. The molecule has 2 heterocycles. The van der Waals surface area contributed by atoms with Crippen LogP contribution >= 0.6 is 11.3 Å². The molecule has 0 bridgehead atoms. The van der Waals surface area contributed by atoms with E-state index in [1.54, 1.807) is 0 Å². The van der Waals surface area contributed by atoms with Crippen molar-refractivity contribution in [1.29, 1.82) is 0 Å². The summed E-state index contributed by atoms with van der Waals surface area (Å²) in [5, 5.41) is 11.8. The zero-order valence-corrected chi connectivity index (χ0v) is 12.9. The van der Waals surface area contributed by atoms with Crippen LogP contribution < -0.4 is 5.32 Å². The van der Waals surface area contributed by atoms with Gasteiger partial charge in [0.15, 0.2) is 0 Å². The third-order valence-electron chi connectivity index (χ3n) is 3.80. The third kappa shape index (κ3) is 2.65. The zero-order chi connectivity index (χ0) is 13.9. The van der Waals surface area contributed by atoms with Gasteiger partial charge in [-0.15, -0.1) is 21.5 Å². The lowest BCUT2D eigenvalue weighted by atomic mass is 9.99. The smallest absolute Gasteiger partial charge is 0.257 e. The van der Waals surface area contributed by atoms with Gasteiger partial charge in [-0.1, -0.05) is 13.8 Å². The van der Waals surface area contributed by atoms with Crippen molar-refractivity contribution in [3.8, 4) is 10.8 Å². The van der Waals surface area contributed by atoms with Crippen LogP contribution in [0.1, 0.15) is 55.5 Å². The van der Waals surface area contributed by atoms with Crippen molar-refractivity contribution >= 4 is 11.3 Å². The van der Waals surface area contributed by atoms with Gasteiger partial charge in [-0.2, -0.15) is 0 Å². The van der Waals surface area contributed by atoms with Crippen molar-refractivity contribution in [2.24, 2.45) is 0 Å². The van der Waals surface area contributed by atoms with Gasteiger partial charge < -0.3 is 9.73 Å². The zero-order valence-electron chi connectivity index (χ0n) is 12.1. The number of fused-ring (bicyclic) bond motifs is 1. The van der Waals surface area contributed by atoms with Crippen LogP contribution in [0.2, 0.25) is 0 Å². The molecule has 0 amide bonds. The minimum Gasteiger partial charge on any atom is -0.418 e. The lowest BCUT2D eigenvalue weighted by molar-refractivity contribution is 0.402. The molecule has 2 aromatic rings. The van der Waals surface area contributed by atoms with Crippen molar-refractivity contribution in [3.05, 3.63) is 22.4 Å². The standard InChI is InChI=1S/C15H21N3OS/c1-3-11(16-4-2)14-17-18-15(19-14)13-9-10-7-5-6-8-12(10)20-13/h9,11,16H,3-8H2,1-2H3. The predicted molar refractivity (Wildman–Crippen MR) is 81.0 cm³/mol. The highest BCUT2D eigenvalue weighted by atomic mass is 32.1. The summed E-state index contributed by atoms with van der Waals surface area (Å²) in [5.41, 5.74) is 1.48. The molecule has 1 N–H and O–H groups in total.